The van der Waals surface area contributed by atoms with Gasteiger partial charge in [-0.15, -0.1) is 0 Å². The Morgan fingerprint density at radius 1 is 1.19 bits per heavy atom. The van der Waals surface area contributed by atoms with E-state index < -0.39 is 6.09 Å². The van der Waals surface area contributed by atoms with Crippen molar-refractivity contribution in [3.8, 4) is 0 Å². The second-order valence-corrected chi connectivity index (χ2v) is 11.0. The van der Waals surface area contributed by atoms with Crippen molar-refractivity contribution in [2.75, 3.05) is 51.8 Å². The van der Waals surface area contributed by atoms with E-state index in [-0.39, 0.29) is 18.1 Å². The molecule has 3 N–H and O–H groups in total. The highest BCUT2D eigenvalue weighted by molar-refractivity contribution is 6.30. The molecular formula is C28H46ClN5O3. The van der Waals surface area contributed by atoms with Crippen LogP contribution in [0.5, 0.6) is 0 Å². The monoisotopic (exact) mass is 535 g/mol. The summed E-state index contributed by atoms with van der Waals surface area (Å²) >= 11 is 6.39. The van der Waals surface area contributed by atoms with Gasteiger partial charge >= 0.3 is 12.1 Å². The number of piperidine rings is 1. The molecule has 1 aromatic carbocycles. The SMILES string of the molecule is CNC[C@H](CC1CCCCC1)NC(=O)N1CCC[C@@H](N(CCCNC(=O)OC)c2cc(Cl)ccc2C)C1. The average Bonchev–Trinajstić information content (AvgIpc) is 2.91. The van der Waals surface area contributed by atoms with E-state index in [9.17, 15) is 9.59 Å². The zero-order valence-electron chi connectivity index (χ0n) is 22.9. The van der Waals surface area contributed by atoms with Crippen LogP contribution >= 0.6 is 11.6 Å². The van der Waals surface area contributed by atoms with Crippen LogP contribution in [0.2, 0.25) is 5.02 Å². The molecule has 0 radical (unpaired) electrons. The van der Waals surface area contributed by atoms with Crippen LogP contribution < -0.4 is 20.9 Å². The maximum Gasteiger partial charge on any atom is 0.406 e. The number of hydrogen-bond acceptors (Lipinski definition) is 5. The zero-order valence-corrected chi connectivity index (χ0v) is 23.6. The van der Waals surface area contributed by atoms with Gasteiger partial charge < -0.3 is 30.5 Å². The number of alkyl carbamates (subject to hydrolysis) is 1. The lowest BCUT2D eigenvalue weighted by molar-refractivity contribution is 0.169. The molecule has 0 bridgehead atoms. The van der Waals surface area contributed by atoms with Gasteiger partial charge in [-0.25, -0.2) is 9.59 Å². The van der Waals surface area contributed by atoms with Gasteiger partial charge in [0, 0.05) is 55.5 Å². The standard InChI is InChI=1S/C28H46ClN5O3/c1-21-12-13-23(29)18-26(21)34(16-8-14-31-28(36)37-3)25-11-7-15-33(20-25)27(35)32-24(19-30-2)17-22-9-5-4-6-10-22/h12-13,18,22,24-25,30H,4-11,14-17,19-20H2,1-3H3,(H,31,36)(H,32,35)/t24-,25+/m0/s1. The number of urea groups is 1. The van der Waals surface area contributed by atoms with E-state index in [1.807, 2.05) is 30.1 Å². The summed E-state index contributed by atoms with van der Waals surface area (Å²) in [6, 6.07) is 6.32. The molecule has 1 aliphatic heterocycles. The van der Waals surface area contributed by atoms with Gasteiger partial charge in [-0.2, -0.15) is 0 Å². The van der Waals surface area contributed by atoms with Gasteiger partial charge in [-0.05, 0) is 63.3 Å². The normalized spacial score (nSPS) is 19.2. The van der Waals surface area contributed by atoms with Crippen LogP contribution in [-0.4, -0.2) is 76.0 Å². The first-order valence-electron chi connectivity index (χ1n) is 14.0. The van der Waals surface area contributed by atoms with Gasteiger partial charge in [0.05, 0.1) is 7.11 Å². The number of halogens is 1. The maximum atomic E-state index is 13.4. The molecule has 1 saturated carbocycles. The van der Waals surface area contributed by atoms with Crippen LogP contribution in [0.15, 0.2) is 18.2 Å². The highest BCUT2D eigenvalue weighted by Crippen LogP contribution is 2.30. The number of nitrogens with one attached hydrogen (secondary N) is 3. The number of carbonyl (C=O) groups excluding carboxylic acids is 2. The average molecular weight is 536 g/mol. The summed E-state index contributed by atoms with van der Waals surface area (Å²) in [5.41, 5.74) is 2.23. The Morgan fingerprint density at radius 3 is 2.70 bits per heavy atom. The Labute approximate surface area is 227 Å². The van der Waals surface area contributed by atoms with Gasteiger partial charge in [0.1, 0.15) is 0 Å². The quantitative estimate of drug-likeness (QED) is 0.350. The van der Waals surface area contributed by atoms with E-state index in [0.717, 1.165) is 56.6 Å². The predicted octanol–water partition coefficient (Wildman–Crippen LogP) is 4.93. The Hall–Kier alpha value is -2.19. The number of carbonyl (C=O) groups is 2. The van der Waals surface area contributed by atoms with Crippen LogP contribution in [0.1, 0.15) is 63.4 Å². The number of amides is 3. The third-order valence-electron chi connectivity index (χ3n) is 7.76. The van der Waals surface area contributed by atoms with Crippen molar-refractivity contribution in [3.63, 3.8) is 0 Å². The first-order chi connectivity index (χ1) is 17.9. The van der Waals surface area contributed by atoms with E-state index >= 15 is 0 Å². The summed E-state index contributed by atoms with van der Waals surface area (Å²) in [5.74, 6) is 0.710. The van der Waals surface area contributed by atoms with Crippen LogP contribution in [0.4, 0.5) is 15.3 Å². The molecule has 9 heteroatoms. The molecule has 2 atom stereocenters. The zero-order chi connectivity index (χ0) is 26.6. The summed E-state index contributed by atoms with van der Waals surface area (Å²) in [4.78, 5) is 29.2. The molecular weight excluding hydrogens is 490 g/mol. The van der Waals surface area contributed by atoms with E-state index in [1.54, 1.807) is 0 Å². The number of anilines is 1. The highest BCUT2D eigenvalue weighted by atomic mass is 35.5. The largest absolute Gasteiger partial charge is 0.453 e. The molecule has 2 aliphatic rings. The lowest BCUT2D eigenvalue weighted by Crippen LogP contribution is -2.55. The number of hydrogen-bond donors (Lipinski definition) is 3. The third-order valence-corrected chi connectivity index (χ3v) is 7.99. The molecule has 0 spiro atoms. The number of benzene rings is 1. The van der Waals surface area contributed by atoms with Crippen molar-refractivity contribution in [2.45, 2.75) is 76.8 Å². The molecule has 208 valence electrons. The Balaban J connectivity index is 1.66. The second kappa shape index (κ2) is 15.3. The molecule has 3 amide bonds. The van der Waals surface area contributed by atoms with Gasteiger partial charge in [-0.3, -0.25) is 0 Å². The van der Waals surface area contributed by atoms with E-state index in [4.69, 9.17) is 16.3 Å². The molecule has 1 saturated heterocycles. The minimum Gasteiger partial charge on any atom is -0.453 e. The number of likely N-dealkylation sites (N-methyl/N-ethyl adjacent to an activating group) is 1. The van der Waals surface area contributed by atoms with Crippen molar-refractivity contribution in [1.29, 1.82) is 0 Å². The van der Waals surface area contributed by atoms with Crippen molar-refractivity contribution in [1.82, 2.24) is 20.9 Å². The van der Waals surface area contributed by atoms with Crippen molar-refractivity contribution in [2.24, 2.45) is 5.92 Å². The van der Waals surface area contributed by atoms with Gasteiger partial charge in [-0.1, -0.05) is 49.8 Å². The molecule has 8 nitrogen and oxygen atoms in total. The topological polar surface area (TPSA) is 85.9 Å². The van der Waals surface area contributed by atoms with Crippen LogP contribution in [0, 0.1) is 12.8 Å². The minimum atomic E-state index is -0.421. The van der Waals surface area contributed by atoms with Gasteiger partial charge in [0.2, 0.25) is 0 Å². The molecule has 1 aliphatic carbocycles. The van der Waals surface area contributed by atoms with Crippen molar-refractivity contribution >= 4 is 29.4 Å². The number of aryl methyl sites for hydroxylation is 1. The van der Waals surface area contributed by atoms with Crippen molar-refractivity contribution in [3.05, 3.63) is 28.8 Å². The maximum absolute atomic E-state index is 13.4. The molecule has 1 aromatic rings. The fraction of sp³-hybridized carbons (Fsp3) is 0.714. The molecule has 0 aromatic heterocycles. The second-order valence-electron chi connectivity index (χ2n) is 10.6. The fourth-order valence-corrected chi connectivity index (χ4v) is 5.99. The number of likely N-dealkylation sites (tertiary alicyclic amines) is 1. The molecule has 2 fully saturated rings. The van der Waals surface area contributed by atoms with E-state index in [2.05, 4.69) is 27.8 Å². The minimum absolute atomic E-state index is 0.0379. The summed E-state index contributed by atoms with van der Waals surface area (Å²) in [6.07, 6.45) is 9.86. The molecule has 1 heterocycles. The number of rotatable bonds is 11. The van der Waals surface area contributed by atoms with E-state index in [0.29, 0.717) is 24.0 Å². The van der Waals surface area contributed by atoms with Crippen molar-refractivity contribution < 1.29 is 14.3 Å². The lowest BCUT2D eigenvalue weighted by atomic mass is 9.85. The third kappa shape index (κ3) is 9.25. The van der Waals surface area contributed by atoms with Crippen LogP contribution in [0.25, 0.3) is 0 Å². The summed E-state index contributed by atoms with van der Waals surface area (Å²) < 4.78 is 4.69. The smallest absolute Gasteiger partial charge is 0.406 e. The lowest BCUT2D eigenvalue weighted by Gasteiger charge is -2.41. The van der Waals surface area contributed by atoms with Crippen LogP contribution in [0.3, 0.4) is 0 Å². The summed E-state index contributed by atoms with van der Waals surface area (Å²) in [6.45, 7) is 5.58. The highest BCUT2D eigenvalue weighted by Gasteiger charge is 2.30. The first kappa shape index (κ1) is 29.4. The van der Waals surface area contributed by atoms with E-state index in [1.165, 1.54) is 39.2 Å². The summed E-state index contributed by atoms with van der Waals surface area (Å²) in [7, 11) is 3.33. The summed E-state index contributed by atoms with van der Waals surface area (Å²) in [5, 5.41) is 10.1. The number of nitrogens with zero attached hydrogens (tertiary/aromatic N) is 2. The Kier molecular flexibility index (Phi) is 12.1. The molecule has 0 unspecified atom stereocenters. The molecule has 3 rings (SSSR count). The molecule has 37 heavy (non-hydrogen) atoms. The Bertz CT molecular complexity index is 864. The predicted molar refractivity (Wildman–Crippen MR) is 151 cm³/mol. The number of ether oxygens (including phenoxy) is 1. The number of methoxy groups -OCH3 is 1. The first-order valence-corrected chi connectivity index (χ1v) is 14.3. The fourth-order valence-electron chi connectivity index (χ4n) is 5.83. The van der Waals surface area contributed by atoms with Crippen LogP contribution in [-0.2, 0) is 4.74 Å². The Morgan fingerprint density at radius 2 is 1.97 bits per heavy atom. The van der Waals surface area contributed by atoms with Gasteiger partial charge in [0.15, 0.2) is 0 Å². The van der Waals surface area contributed by atoms with Gasteiger partial charge in [0.25, 0.3) is 0 Å².